The number of ether oxygens (including phenoxy) is 1. The number of carboxylic acid groups (broad SMARTS) is 1. The van der Waals surface area contributed by atoms with Crippen LogP contribution in [0.25, 0.3) is 5.52 Å². The quantitative estimate of drug-likeness (QED) is 0.756. The summed E-state index contributed by atoms with van der Waals surface area (Å²) >= 11 is 0. The summed E-state index contributed by atoms with van der Waals surface area (Å²) in [7, 11) is 1.51. The first kappa shape index (κ1) is 17.3. The summed E-state index contributed by atoms with van der Waals surface area (Å²) in [6.45, 7) is 0.563. The number of nitrogens with zero attached hydrogens (tertiary/aromatic N) is 3. The van der Waals surface area contributed by atoms with Gasteiger partial charge in [-0.15, -0.1) is 0 Å². The Labute approximate surface area is 153 Å². The van der Waals surface area contributed by atoms with Gasteiger partial charge in [-0.1, -0.05) is 0 Å². The molecule has 2 aromatic heterocycles. The van der Waals surface area contributed by atoms with E-state index in [1.165, 1.54) is 30.0 Å². The average molecular weight is 373 g/mol. The summed E-state index contributed by atoms with van der Waals surface area (Å²) in [5.74, 6) is -1.76. The van der Waals surface area contributed by atoms with E-state index in [9.17, 15) is 14.3 Å². The average Bonchev–Trinajstić information content (AvgIpc) is 3.29. The number of anilines is 1. The van der Waals surface area contributed by atoms with Gasteiger partial charge in [0.1, 0.15) is 22.6 Å². The number of methoxy groups -OCH3 is 1. The molecule has 1 atom stereocenters. The fourth-order valence-electron chi connectivity index (χ4n) is 3.75. The highest BCUT2D eigenvalue weighted by Crippen LogP contribution is 2.41. The van der Waals surface area contributed by atoms with Crippen LogP contribution >= 0.6 is 0 Å². The van der Waals surface area contributed by atoms with Crippen molar-refractivity contribution in [2.24, 2.45) is 0 Å². The first-order valence-electron chi connectivity index (χ1n) is 8.50. The van der Waals surface area contributed by atoms with Crippen molar-refractivity contribution in [1.82, 2.24) is 9.61 Å². The number of hydrogen-bond acceptors (Lipinski definition) is 4. The Balaban J connectivity index is 1.83. The second kappa shape index (κ2) is 6.53. The number of carboxylic acids is 1. The van der Waals surface area contributed by atoms with Crippen LogP contribution in [0, 0.1) is 11.6 Å². The van der Waals surface area contributed by atoms with Crippen LogP contribution in [0.1, 0.15) is 34.8 Å². The molecule has 27 heavy (non-hydrogen) atoms. The first-order chi connectivity index (χ1) is 13.0. The molecule has 1 aromatic carbocycles. The van der Waals surface area contributed by atoms with Crippen LogP contribution in [0.3, 0.4) is 0 Å². The monoisotopic (exact) mass is 373 g/mol. The van der Waals surface area contributed by atoms with Crippen LogP contribution in [0.15, 0.2) is 36.7 Å². The van der Waals surface area contributed by atoms with E-state index in [1.807, 2.05) is 4.90 Å². The second-order valence-electron chi connectivity index (χ2n) is 6.41. The lowest BCUT2D eigenvalue weighted by Crippen LogP contribution is -2.24. The lowest BCUT2D eigenvalue weighted by molar-refractivity contribution is 0.0698. The van der Waals surface area contributed by atoms with Crippen LogP contribution in [0.4, 0.5) is 14.5 Å². The van der Waals surface area contributed by atoms with Crippen LogP contribution < -0.4 is 9.64 Å². The Morgan fingerprint density at radius 1 is 1.33 bits per heavy atom. The molecule has 8 heteroatoms. The summed E-state index contributed by atoms with van der Waals surface area (Å²) in [6, 6.07) is 5.56. The van der Waals surface area contributed by atoms with Crippen molar-refractivity contribution in [2.45, 2.75) is 18.9 Å². The summed E-state index contributed by atoms with van der Waals surface area (Å²) in [4.78, 5) is 13.2. The molecule has 1 aliphatic heterocycles. The van der Waals surface area contributed by atoms with E-state index in [0.717, 1.165) is 12.6 Å². The lowest BCUT2D eigenvalue weighted by Gasteiger charge is -2.28. The number of carbonyl (C=O) groups is 1. The minimum atomic E-state index is -1.24. The zero-order chi connectivity index (χ0) is 19.1. The number of hydrogen-bond donors (Lipinski definition) is 1. The summed E-state index contributed by atoms with van der Waals surface area (Å²) < 4.78 is 35.6. The van der Waals surface area contributed by atoms with Crippen molar-refractivity contribution in [3.63, 3.8) is 0 Å². The van der Waals surface area contributed by atoms with Crippen LogP contribution in [0.5, 0.6) is 5.75 Å². The maximum atomic E-state index is 15.3. The molecule has 1 unspecified atom stereocenters. The van der Waals surface area contributed by atoms with Crippen molar-refractivity contribution in [2.75, 3.05) is 18.6 Å². The van der Waals surface area contributed by atoms with Crippen molar-refractivity contribution < 1.29 is 23.4 Å². The summed E-state index contributed by atoms with van der Waals surface area (Å²) in [5, 5.41) is 13.2. The number of pyridine rings is 1. The van der Waals surface area contributed by atoms with E-state index in [0.29, 0.717) is 24.3 Å². The molecule has 1 N–H and O–H groups in total. The van der Waals surface area contributed by atoms with Gasteiger partial charge in [-0.25, -0.2) is 18.1 Å². The molecule has 3 heterocycles. The largest absolute Gasteiger partial charge is 0.496 e. The Bertz CT molecular complexity index is 1030. The van der Waals surface area contributed by atoms with E-state index in [1.54, 1.807) is 12.1 Å². The second-order valence-corrected chi connectivity index (χ2v) is 6.41. The maximum absolute atomic E-state index is 15.3. The van der Waals surface area contributed by atoms with Crippen LogP contribution in [0.2, 0.25) is 0 Å². The molecule has 0 radical (unpaired) electrons. The fraction of sp³-hybridized carbons (Fsp3) is 0.263. The van der Waals surface area contributed by atoms with Crippen LogP contribution in [-0.2, 0) is 0 Å². The van der Waals surface area contributed by atoms with Crippen LogP contribution in [-0.4, -0.2) is 34.3 Å². The smallest absolute Gasteiger partial charge is 0.339 e. The molecule has 0 aliphatic carbocycles. The van der Waals surface area contributed by atoms with Gasteiger partial charge in [-0.2, -0.15) is 5.10 Å². The predicted octanol–water partition coefficient (Wildman–Crippen LogP) is 3.66. The van der Waals surface area contributed by atoms with Crippen molar-refractivity contribution in [1.29, 1.82) is 0 Å². The van der Waals surface area contributed by atoms with E-state index in [2.05, 4.69) is 5.10 Å². The minimum absolute atomic E-state index is 0.0862. The molecule has 0 amide bonds. The third-order valence-corrected chi connectivity index (χ3v) is 4.95. The number of aromatic carboxylic acids is 1. The highest BCUT2D eigenvalue weighted by molar-refractivity contribution is 5.96. The van der Waals surface area contributed by atoms with Gasteiger partial charge in [-0.05, 0) is 37.1 Å². The lowest BCUT2D eigenvalue weighted by atomic mass is 10.0. The number of aromatic nitrogens is 2. The molecule has 3 aromatic rings. The van der Waals surface area contributed by atoms with E-state index >= 15 is 4.39 Å². The van der Waals surface area contributed by atoms with Gasteiger partial charge in [0.15, 0.2) is 5.82 Å². The molecule has 6 nitrogen and oxygen atoms in total. The van der Waals surface area contributed by atoms with Crippen molar-refractivity contribution in [3.8, 4) is 5.75 Å². The SMILES string of the molecule is COc1ccc(F)cc1C1CCCN1c1ccn2ncc(C(=O)O)c2c1F. The number of halogens is 2. The molecule has 4 rings (SSSR count). The highest BCUT2D eigenvalue weighted by Gasteiger charge is 2.32. The Hall–Kier alpha value is -3.16. The third-order valence-electron chi connectivity index (χ3n) is 4.95. The topological polar surface area (TPSA) is 67.1 Å². The minimum Gasteiger partial charge on any atom is -0.496 e. The predicted molar refractivity (Wildman–Crippen MR) is 94.4 cm³/mol. The molecule has 0 spiro atoms. The fourth-order valence-corrected chi connectivity index (χ4v) is 3.75. The molecular weight excluding hydrogens is 356 g/mol. The number of rotatable bonds is 4. The Morgan fingerprint density at radius 3 is 2.89 bits per heavy atom. The molecule has 0 bridgehead atoms. The number of benzene rings is 1. The van der Waals surface area contributed by atoms with E-state index in [-0.39, 0.29) is 22.8 Å². The molecule has 0 saturated carbocycles. The van der Waals surface area contributed by atoms with E-state index in [4.69, 9.17) is 4.74 Å². The standard InChI is InChI=1S/C19H17F2N3O3/c1-27-16-5-4-11(20)9-12(16)14-3-2-7-23(14)15-6-8-24-18(17(15)21)13(10-22-24)19(25)26/h4-6,8-10,14H,2-3,7H2,1H3,(H,25,26). The Morgan fingerprint density at radius 2 is 2.15 bits per heavy atom. The van der Waals surface area contributed by atoms with Gasteiger partial charge in [0.05, 0.1) is 25.0 Å². The zero-order valence-electron chi connectivity index (χ0n) is 14.5. The highest BCUT2D eigenvalue weighted by atomic mass is 19.1. The summed E-state index contributed by atoms with van der Waals surface area (Å²) in [5.41, 5.74) is 0.617. The van der Waals surface area contributed by atoms with Crippen molar-refractivity contribution >= 4 is 17.2 Å². The summed E-state index contributed by atoms with van der Waals surface area (Å²) in [6.07, 6.45) is 4.15. The normalized spacial score (nSPS) is 16.9. The maximum Gasteiger partial charge on any atom is 0.339 e. The molecule has 1 fully saturated rings. The molecular formula is C19H17F2N3O3. The van der Waals surface area contributed by atoms with Gasteiger partial charge < -0.3 is 14.7 Å². The molecule has 140 valence electrons. The van der Waals surface area contributed by atoms with Gasteiger partial charge >= 0.3 is 5.97 Å². The van der Waals surface area contributed by atoms with Gasteiger partial charge in [0.2, 0.25) is 0 Å². The Kier molecular flexibility index (Phi) is 4.18. The van der Waals surface area contributed by atoms with Gasteiger partial charge in [-0.3, -0.25) is 0 Å². The van der Waals surface area contributed by atoms with Crippen molar-refractivity contribution in [3.05, 3.63) is 59.4 Å². The first-order valence-corrected chi connectivity index (χ1v) is 8.50. The van der Waals surface area contributed by atoms with Gasteiger partial charge in [0.25, 0.3) is 0 Å². The molecule has 1 aliphatic rings. The molecule has 1 saturated heterocycles. The van der Waals surface area contributed by atoms with Gasteiger partial charge in [0, 0.05) is 18.3 Å². The third kappa shape index (κ3) is 2.77. The number of fused-ring (bicyclic) bond motifs is 1. The zero-order valence-corrected chi connectivity index (χ0v) is 14.5. The van der Waals surface area contributed by atoms with E-state index < -0.39 is 17.6 Å².